The van der Waals surface area contributed by atoms with Gasteiger partial charge in [-0.05, 0) is 5.87 Å². The molecule has 8 heavy (non-hydrogen) atoms. The highest BCUT2D eigenvalue weighted by Crippen LogP contribution is 1.96. The van der Waals surface area contributed by atoms with Crippen molar-refractivity contribution in [1.82, 2.24) is 0 Å². The van der Waals surface area contributed by atoms with Crippen molar-refractivity contribution in [2.24, 2.45) is 0 Å². The maximum Gasteiger partial charge on any atom is 0.138 e. The van der Waals surface area contributed by atoms with Crippen LogP contribution in [0.1, 0.15) is 0 Å². The second-order valence-electron chi connectivity index (χ2n) is 0.915. The van der Waals surface area contributed by atoms with Crippen LogP contribution in [0.4, 0.5) is 0 Å². The first-order valence-corrected chi connectivity index (χ1v) is 2.51. The van der Waals surface area contributed by atoms with E-state index in [1.165, 1.54) is 0 Å². The van der Waals surface area contributed by atoms with Gasteiger partial charge < -0.3 is 0 Å². The molecule has 1 N–H and O–H groups in total. The average Bonchev–Trinajstić information content (AvgIpc) is 1.84. The van der Waals surface area contributed by atoms with Crippen LogP contribution in [-0.2, 0) is 0 Å². The Hall–Kier alpha value is -0.620. The van der Waals surface area contributed by atoms with Gasteiger partial charge in [-0.3, -0.25) is 5.41 Å². The molecule has 0 aliphatic rings. The van der Waals surface area contributed by atoms with Crippen molar-refractivity contribution in [1.29, 1.82) is 10.7 Å². The zero-order valence-electron chi connectivity index (χ0n) is 3.80. The van der Waals surface area contributed by atoms with Crippen molar-refractivity contribution in [2.75, 3.05) is 0 Å². The summed E-state index contributed by atoms with van der Waals surface area (Å²) in [5.74, 6) is 1.88. The third-order valence-corrected chi connectivity index (χ3v) is 1.22. The smallest absolute Gasteiger partial charge is 0.138 e. The Balaban J connectivity index is 4.33. The third-order valence-electron chi connectivity index (χ3n) is 0.435. The maximum absolute atomic E-state index is 8.05. The van der Waals surface area contributed by atoms with Crippen molar-refractivity contribution in [3.05, 3.63) is 4.91 Å². The van der Waals surface area contributed by atoms with E-state index in [4.69, 9.17) is 10.7 Å². The van der Waals surface area contributed by atoms with Crippen LogP contribution in [0.15, 0.2) is 4.91 Å². The van der Waals surface area contributed by atoms with E-state index in [1.54, 1.807) is 6.07 Å². The lowest BCUT2D eigenvalue weighted by molar-refractivity contribution is 1.55. The predicted octanol–water partition coefficient (Wildman–Crippen LogP) is 0.942. The molecule has 0 rings (SSSR count). The summed E-state index contributed by atoms with van der Waals surface area (Å²) in [7, 11) is 0. The van der Waals surface area contributed by atoms with E-state index in [2.05, 4.69) is 24.8 Å². The first-order chi connectivity index (χ1) is 3.72. The average molecular weight is 142 g/mol. The standard InChI is InChI=1S/C4H2N2S2/c5-1-3(7)4(8)2-6/h5,7H. The van der Waals surface area contributed by atoms with Crippen LogP contribution < -0.4 is 0 Å². The van der Waals surface area contributed by atoms with Crippen LogP contribution in [0.25, 0.3) is 0 Å². The van der Waals surface area contributed by atoms with Gasteiger partial charge in [0.2, 0.25) is 0 Å². The third kappa shape index (κ3) is 1.90. The monoisotopic (exact) mass is 142 g/mol. The summed E-state index contributed by atoms with van der Waals surface area (Å²) < 4.78 is 0. The number of nitriles is 1. The Morgan fingerprint density at radius 3 is 2.38 bits per heavy atom. The van der Waals surface area contributed by atoms with Crippen LogP contribution in [0, 0.1) is 16.7 Å². The minimum Gasteiger partial charge on any atom is -0.258 e. The fourth-order valence-corrected chi connectivity index (χ4v) is 0.211. The van der Waals surface area contributed by atoms with Gasteiger partial charge in [0.25, 0.3) is 0 Å². The Morgan fingerprint density at radius 1 is 1.75 bits per heavy atom. The molecule has 0 atom stereocenters. The molecule has 0 bridgehead atoms. The highest BCUT2D eigenvalue weighted by atomic mass is 32.1. The zero-order chi connectivity index (χ0) is 6.57. The summed E-state index contributed by atoms with van der Waals surface area (Å²) in [6.45, 7) is 0. The van der Waals surface area contributed by atoms with Crippen LogP contribution in [0.2, 0.25) is 0 Å². The van der Waals surface area contributed by atoms with Crippen molar-refractivity contribution in [2.45, 2.75) is 0 Å². The lowest BCUT2D eigenvalue weighted by atomic mass is 10.4. The number of allylic oxidation sites excluding steroid dienone is 1. The molecule has 0 heterocycles. The summed E-state index contributed by atoms with van der Waals surface area (Å²) in [5, 5.41) is 14.5. The molecule has 0 saturated carbocycles. The molecular formula is C4H2N2S2. The molecule has 0 spiro atoms. The van der Waals surface area contributed by atoms with E-state index in [9.17, 15) is 0 Å². The van der Waals surface area contributed by atoms with E-state index in [0.717, 1.165) is 0 Å². The van der Waals surface area contributed by atoms with Gasteiger partial charge in [0.15, 0.2) is 0 Å². The number of nitrogens with zero attached hydrogens (tertiary/aromatic N) is 1. The highest BCUT2D eigenvalue weighted by Gasteiger charge is 1.93. The van der Waals surface area contributed by atoms with Crippen LogP contribution >= 0.6 is 24.8 Å². The second-order valence-corrected chi connectivity index (χ2v) is 1.77. The lowest BCUT2D eigenvalue weighted by Gasteiger charge is -1.79. The minimum absolute atomic E-state index is 0.00309. The predicted molar refractivity (Wildman–Crippen MR) is 38.4 cm³/mol. The van der Waals surface area contributed by atoms with E-state index < -0.39 is 0 Å². The van der Waals surface area contributed by atoms with E-state index in [0.29, 0.717) is 0 Å². The van der Waals surface area contributed by atoms with Gasteiger partial charge in [-0.15, -0.1) is 12.6 Å². The van der Waals surface area contributed by atoms with E-state index >= 15 is 0 Å². The zero-order valence-corrected chi connectivity index (χ0v) is 5.51. The lowest BCUT2D eigenvalue weighted by Crippen LogP contribution is -1.87. The fourth-order valence-electron chi connectivity index (χ4n) is 0.110. The van der Waals surface area contributed by atoms with Gasteiger partial charge in [-0.25, -0.2) is 0 Å². The molecule has 0 fully saturated rings. The first kappa shape index (κ1) is 7.38. The molecule has 40 valence electrons. The van der Waals surface area contributed by atoms with Gasteiger partial charge in [0.05, 0.1) is 4.91 Å². The fraction of sp³-hybridized carbons (Fsp3) is 0. The topological polar surface area (TPSA) is 47.6 Å². The Bertz CT molecular complexity index is 195. The van der Waals surface area contributed by atoms with Gasteiger partial charge >= 0.3 is 0 Å². The molecule has 4 heteroatoms. The molecule has 0 unspecified atom stereocenters. The van der Waals surface area contributed by atoms with Gasteiger partial charge in [-0.2, -0.15) is 5.26 Å². The maximum atomic E-state index is 8.05. The Labute approximate surface area is 57.7 Å². The van der Waals surface area contributed by atoms with Gasteiger partial charge in [0.1, 0.15) is 10.9 Å². The SMILES string of the molecule is N#CC(=S)C(S)=C=N. The van der Waals surface area contributed by atoms with Crippen molar-refractivity contribution in [3.8, 4) is 6.07 Å². The van der Waals surface area contributed by atoms with E-state index in [1.807, 2.05) is 5.87 Å². The van der Waals surface area contributed by atoms with Crippen molar-refractivity contribution in [3.63, 3.8) is 0 Å². The molecular weight excluding hydrogens is 140 g/mol. The van der Waals surface area contributed by atoms with Gasteiger partial charge in [0, 0.05) is 0 Å². The summed E-state index contributed by atoms with van der Waals surface area (Å²) in [6.07, 6.45) is 0. The molecule has 0 aliphatic carbocycles. The van der Waals surface area contributed by atoms with Crippen molar-refractivity contribution >= 4 is 35.6 Å². The Kier molecular flexibility index (Phi) is 3.13. The number of thiol groups is 1. The minimum atomic E-state index is 0.00309. The molecule has 0 aromatic rings. The van der Waals surface area contributed by atoms with Crippen LogP contribution in [-0.4, -0.2) is 10.7 Å². The number of thiocarbonyl (C=S) groups is 1. The summed E-state index contributed by atoms with van der Waals surface area (Å²) in [5.41, 5.74) is 0. The molecule has 0 radical (unpaired) electrons. The highest BCUT2D eigenvalue weighted by molar-refractivity contribution is 7.90. The number of hydrogen-bond donors (Lipinski definition) is 2. The molecule has 0 aromatic heterocycles. The number of hydrogen-bond acceptors (Lipinski definition) is 4. The van der Waals surface area contributed by atoms with Crippen LogP contribution in [0.3, 0.4) is 0 Å². The summed E-state index contributed by atoms with van der Waals surface area (Å²) in [4.78, 5) is 0.117. The molecule has 0 saturated heterocycles. The largest absolute Gasteiger partial charge is 0.258 e. The van der Waals surface area contributed by atoms with Crippen LogP contribution in [0.5, 0.6) is 0 Å². The summed E-state index contributed by atoms with van der Waals surface area (Å²) in [6, 6.07) is 1.65. The first-order valence-electron chi connectivity index (χ1n) is 1.65. The van der Waals surface area contributed by atoms with Crippen molar-refractivity contribution < 1.29 is 0 Å². The molecule has 0 amide bonds. The Morgan fingerprint density at radius 2 is 2.25 bits per heavy atom. The molecule has 0 aromatic carbocycles. The van der Waals surface area contributed by atoms with E-state index in [-0.39, 0.29) is 9.77 Å². The number of nitrogens with one attached hydrogen (secondary N) is 1. The normalized spacial score (nSPS) is 6.50. The van der Waals surface area contributed by atoms with Gasteiger partial charge in [-0.1, -0.05) is 12.2 Å². The summed E-state index contributed by atoms with van der Waals surface area (Å²) >= 11 is 8.08. The number of rotatable bonds is 1. The molecule has 0 aliphatic heterocycles. The molecule has 2 nitrogen and oxygen atoms in total. The quantitative estimate of drug-likeness (QED) is 0.248. The second kappa shape index (κ2) is 3.39.